The van der Waals surface area contributed by atoms with Gasteiger partial charge in [0.2, 0.25) is 5.91 Å². The molecule has 0 saturated carbocycles. The van der Waals surface area contributed by atoms with Crippen LogP contribution in [0, 0.1) is 5.92 Å². The van der Waals surface area contributed by atoms with Crippen molar-refractivity contribution in [3.8, 4) is 0 Å². The summed E-state index contributed by atoms with van der Waals surface area (Å²) in [6.45, 7) is 1.50. The number of rotatable bonds is 1. The van der Waals surface area contributed by atoms with Gasteiger partial charge in [0, 0.05) is 0 Å². The third-order valence-corrected chi connectivity index (χ3v) is 1.31. The van der Waals surface area contributed by atoms with E-state index < -0.39 is 11.9 Å². The second-order valence-corrected chi connectivity index (χ2v) is 2.00. The average Bonchev–Trinajstić information content (AvgIpc) is 2.14. The normalized spacial score (nSPS) is 23.9. The van der Waals surface area contributed by atoms with Crippen LogP contribution in [0.1, 0.15) is 6.92 Å². The molecule has 0 aromatic heterocycles. The highest BCUT2D eigenvalue weighted by molar-refractivity contribution is 6.41. The maximum absolute atomic E-state index is 10.6. The summed E-state index contributed by atoms with van der Waals surface area (Å²) in [5.41, 5.74) is 1.95. The lowest BCUT2D eigenvalue weighted by molar-refractivity contribution is -0.130. The van der Waals surface area contributed by atoms with Crippen LogP contribution in [-0.4, -0.2) is 22.7 Å². The molecule has 10 heavy (non-hydrogen) atoms. The molecule has 1 amide bonds. The highest BCUT2D eigenvalue weighted by Gasteiger charge is 2.29. The Morgan fingerprint density at radius 1 is 1.80 bits per heavy atom. The second-order valence-electron chi connectivity index (χ2n) is 2.00. The summed E-state index contributed by atoms with van der Waals surface area (Å²) < 4.78 is 0. The molecule has 0 aromatic rings. The molecule has 54 valence electrons. The van der Waals surface area contributed by atoms with Crippen LogP contribution in [0.15, 0.2) is 5.10 Å². The molecular formula is C5H6N2O3. The summed E-state index contributed by atoms with van der Waals surface area (Å²) in [5.74, 6) is -2.14. The number of carboxylic acids is 1. The van der Waals surface area contributed by atoms with E-state index in [1.165, 1.54) is 6.92 Å². The smallest absolute Gasteiger partial charge is 0.352 e. The van der Waals surface area contributed by atoms with Gasteiger partial charge in [0.15, 0.2) is 5.71 Å². The summed E-state index contributed by atoms with van der Waals surface area (Å²) >= 11 is 0. The van der Waals surface area contributed by atoms with Gasteiger partial charge in [-0.1, -0.05) is 0 Å². The van der Waals surface area contributed by atoms with Gasteiger partial charge >= 0.3 is 5.97 Å². The second kappa shape index (κ2) is 2.09. The summed E-state index contributed by atoms with van der Waals surface area (Å²) in [7, 11) is 0. The Morgan fingerprint density at radius 3 is 2.60 bits per heavy atom. The quantitative estimate of drug-likeness (QED) is 0.502. The fraction of sp³-hybridized carbons (Fsp3) is 0.400. The molecule has 0 saturated heterocycles. The lowest BCUT2D eigenvalue weighted by Gasteiger charge is -1.95. The van der Waals surface area contributed by atoms with Gasteiger partial charge in [-0.25, -0.2) is 10.2 Å². The number of carboxylic acid groups (broad SMARTS) is 1. The van der Waals surface area contributed by atoms with Crippen molar-refractivity contribution in [2.45, 2.75) is 6.92 Å². The fourth-order valence-electron chi connectivity index (χ4n) is 0.666. The molecule has 5 nitrogen and oxygen atoms in total. The standard InChI is InChI=1S/C5H6N2O3/c1-2-3(5(9)10)6-7-4(2)8/h2H,1H3,(H,7,8)(H,9,10)/t2-/m1/s1. The molecule has 0 fully saturated rings. The van der Waals surface area contributed by atoms with Gasteiger partial charge in [0.05, 0.1) is 5.92 Å². The van der Waals surface area contributed by atoms with Gasteiger partial charge < -0.3 is 5.11 Å². The number of hydrogen-bond donors (Lipinski definition) is 2. The first-order valence-corrected chi connectivity index (χ1v) is 2.73. The highest BCUT2D eigenvalue weighted by atomic mass is 16.4. The van der Waals surface area contributed by atoms with Gasteiger partial charge in [-0.2, -0.15) is 5.10 Å². The number of carbonyl (C=O) groups is 2. The zero-order valence-electron chi connectivity index (χ0n) is 5.29. The number of nitrogens with zero attached hydrogens (tertiary/aromatic N) is 1. The zero-order valence-corrected chi connectivity index (χ0v) is 5.29. The van der Waals surface area contributed by atoms with Crippen LogP contribution in [0.2, 0.25) is 0 Å². The lowest BCUT2D eigenvalue weighted by Crippen LogP contribution is -2.24. The minimum absolute atomic E-state index is 0.120. The zero-order chi connectivity index (χ0) is 7.72. The van der Waals surface area contributed by atoms with Gasteiger partial charge in [0.1, 0.15) is 0 Å². The van der Waals surface area contributed by atoms with E-state index in [9.17, 15) is 9.59 Å². The van der Waals surface area contributed by atoms with E-state index in [0.717, 1.165) is 0 Å². The SMILES string of the molecule is C[C@H]1C(=O)NN=C1C(=O)O. The maximum atomic E-state index is 10.6. The van der Waals surface area contributed by atoms with E-state index in [2.05, 4.69) is 10.5 Å². The van der Waals surface area contributed by atoms with Crippen LogP contribution >= 0.6 is 0 Å². The third-order valence-electron chi connectivity index (χ3n) is 1.31. The molecule has 1 aliphatic rings. The van der Waals surface area contributed by atoms with Crippen LogP contribution in [-0.2, 0) is 9.59 Å². The number of aliphatic carboxylic acids is 1. The van der Waals surface area contributed by atoms with Gasteiger partial charge in [-0.05, 0) is 6.92 Å². The minimum Gasteiger partial charge on any atom is -0.477 e. The van der Waals surface area contributed by atoms with Crippen LogP contribution in [0.4, 0.5) is 0 Å². The first-order valence-electron chi connectivity index (χ1n) is 2.73. The third kappa shape index (κ3) is 0.854. The van der Waals surface area contributed by atoms with E-state index in [4.69, 9.17) is 5.11 Å². The highest BCUT2D eigenvalue weighted by Crippen LogP contribution is 2.04. The van der Waals surface area contributed by atoms with Crippen molar-refractivity contribution in [1.82, 2.24) is 5.43 Å². The molecule has 0 aliphatic carbocycles. The summed E-state index contributed by atoms with van der Waals surface area (Å²) in [4.78, 5) is 20.8. The Kier molecular flexibility index (Phi) is 1.41. The van der Waals surface area contributed by atoms with E-state index in [-0.39, 0.29) is 11.6 Å². The number of carbonyl (C=O) groups excluding carboxylic acids is 1. The largest absolute Gasteiger partial charge is 0.477 e. The first kappa shape index (κ1) is 6.73. The van der Waals surface area contributed by atoms with Crippen LogP contribution in [0.5, 0.6) is 0 Å². The first-order chi connectivity index (χ1) is 4.63. The summed E-state index contributed by atoms with van der Waals surface area (Å²) in [6, 6.07) is 0. The van der Waals surface area contributed by atoms with E-state index in [0.29, 0.717) is 0 Å². The van der Waals surface area contributed by atoms with Crippen molar-refractivity contribution in [2.24, 2.45) is 11.0 Å². The molecule has 1 rings (SSSR count). The number of hydrazone groups is 1. The van der Waals surface area contributed by atoms with Gasteiger partial charge in [0.25, 0.3) is 0 Å². The minimum atomic E-state index is -1.15. The molecule has 1 heterocycles. The average molecular weight is 142 g/mol. The Morgan fingerprint density at radius 2 is 2.40 bits per heavy atom. The lowest BCUT2D eigenvalue weighted by atomic mass is 10.1. The predicted molar refractivity (Wildman–Crippen MR) is 32.4 cm³/mol. The Bertz CT molecular complexity index is 221. The number of nitrogens with one attached hydrogen (secondary N) is 1. The molecule has 0 aromatic carbocycles. The monoisotopic (exact) mass is 142 g/mol. The Hall–Kier alpha value is -1.39. The van der Waals surface area contributed by atoms with Crippen molar-refractivity contribution in [1.29, 1.82) is 0 Å². The van der Waals surface area contributed by atoms with Crippen molar-refractivity contribution in [2.75, 3.05) is 0 Å². The Labute approximate surface area is 56.7 Å². The van der Waals surface area contributed by atoms with Crippen molar-refractivity contribution < 1.29 is 14.7 Å². The summed E-state index contributed by atoms with van der Waals surface area (Å²) in [6.07, 6.45) is 0. The molecule has 0 radical (unpaired) electrons. The van der Waals surface area contributed by atoms with Crippen LogP contribution in [0.25, 0.3) is 0 Å². The summed E-state index contributed by atoms with van der Waals surface area (Å²) in [5, 5.41) is 11.7. The number of amides is 1. The van der Waals surface area contributed by atoms with Gasteiger partial charge in [-0.3, -0.25) is 4.79 Å². The topological polar surface area (TPSA) is 78.8 Å². The van der Waals surface area contributed by atoms with Crippen LogP contribution in [0.3, 0.4) is 0 Å². The fourth-order valence-corrected chi connectivity index (χ4v) is 0.666. The molecule has 0 spiro atoms. The number of hydrogen-bond acceptors (Lipinski definition) is 3. The Balaban J connectivity index is 2.81. The predicted octanol–water partition coefficient (Wildman–Crippen LogP) is -0.807. The molecule has 1 aliphatic heterocycles. The molecule has 0 unspecified atom stereocenters. The van der Waals surface area contributed by atoms with Crippen LogP contribution < -0.4 is 5.43 Å². The van der Waals surface area contributed by atoms with Gasteiger partial charge in [-0.15, -0.1) is 0 Å². The van der Waals surface area contributed by atoms with E-state index in [1.807, 2.05) is 0 Å². The molecule has 1 atom stereocenters. The molecular weight excluding hydrogens is 136 g/mol. The van der Waals surface area contributed by atoms with E-state index >= 15 is 0 Å². The van der Waals surface area contributed by atoms with Crippen molar-refractivity contribution in [3.05, 3.63) is 0 Å². The van der Waals surface area contributed by atoms with Crippen molar-refractivity contribution >= 4 is 17.6 Å². The maximum Gasteiger partial charge on any atom is 0.352 e. The molecule has 2 N–H and O–H groups in total. The van der Waals surface area contributed by atoms with Crippen molar-refractivity contribution in [3.63, 3.8) is 0 Å². The molecule has 0 bridgehead atoms. The van der Waals surface area contributed by atoms with E-state index in [1.54, 1.807) is 0 Å². The molecule has 5 heteroatoms.